The van der Waals surface area contributed by atoms with Crippen molar-refractivity contribution >= 4 is 23.9 Å². The minimum Gasteiger partial charge on any atom is -0.422 e. The van der Waals surface area contributed by atoms with E-state index in [2.05, 4.69) is 5.09 Å². The fourth-order valence-electron chi connectivity index (χ4n) is 1.53. The van der Waals surface area contributed by atoms with Crippen LogP contribution in [0, 0.1) is 5.92 Å². The summed E-state index contributed by atoms with van der Waals surface area (Å²) in [6.45, 7) is 1.97. The van der Waals surface area contributed by atoms with Crippen molar-refractivity contribution in [3.8, 4) is 5.75 Å². The lowest BCUT2D eigenvalue weighted by Crippen LogP contribution is -2.32. The third-order valence-electron chi connectivity index (χ3n) is 2.41. The van der Waals surface area contributed by atoms with Crippen molar-refractivity contribution in [1.29, 1.82) is 0 Å². The number of halogens is 1. The summed E-state index contributed by atoms with van der Waals surface area (Å²) in [5.74, 6) is 0.617. The van der Waals surface area contributed by atoms with Gasteiger partial charge >= 0.3 is 6.87 Å². The molecule has 19 heavy (non-hydrogen) atoms. The molecule has 0 saturated carbocycles. The molecule has 0 radical (unpaired) electrons. The Labute approximate surface area is 118 Å². The van der Waals surface area contributed by atoms with E-state index < -0.39 is 12.9 Å². The summed E-state index contributed by atoms with van der Waals surface area (Å²) in [5, 5.41) is 2.56. The standard InChI is InChI=1S/C13H19ClNO3P/c1-10(2)9-13(16)11(3)15-19(14,17)18-12-7-5-4-6-8-12/h4-8,10-11H,9H2,1-3H3,(H,15,17)/t11?,19-/m1/s1. The topological polar surface area (TPSA) is 55.4 Å². The Bertz CT molecular complexity index is 464. The van der Waals surface area contributed by atoms with Gasteiger partial charge in [-0.3, -0.25) is 4.79 Å². The molecule has 0 aromatic heterocycles. The molecule has 1 N–H and O–H groups in total. The number of para-hydroxylation sites is 1. The molecule has 6 heteroatoms. The zero-order valence-electron chi connectivity index (χ0n) is 11.3. The quantitative estimate of drug-likeness (QED) is 0.773. The molecule has 1 aromatic rings. The van der Waals surface area contributed by atoms with E-state index in [0.717, 1.165) is 0 Å². The average Bonchev–Trinajstić information content (AvgIpc) is 2.27. The van der Waals surface area contributed by atoms with E-state index in [1.54, 1.807) is 31.2 Å². The summed E-state index contributed by atoms with van der Waals surface area (Å²) in [7, 11) is 0. The van der Waals surface area contributed by atoms with Crippen LogP contribution in [0.2, 0.25) is 0 Å². The largest absolute Gasteiger partial charge is 0.422 e. The number of benzene rings is 1. The summed E-state index contributed by atoms with van der Waals surface area (Å²) in [6.07, 6.45) is 0.413. The summed E-state index contributed by atoms with van der Waals surface area (Å²) in [5.41, 5.74) is 0. The van der Waals surface area contributed by atoms with Crippen LogP contribution in [0.15, 0.2) is 30.3 Å². The Kier molecular flexibility index (Phi) is 6.05. The van der Waals surface area contributed by atoms with Gasteiger partial charge in [-0.15, -0.1) is 0 Å². The number of rotatable bonds is 7. The van der Waals surface area contributed by atoms with Crippen molar-refractivity contribution in [2.24, 2.45) is 5.92 Å². The Balaban J connectivity index is 2.59. The number of ketones is 1. The van der Waals surface area contributed by atoms with Crippen molar-refractivity contribution in [1.82, 2.24) is 5.09 Å². The van der Waals surface area contributed by atoms with Crippen LogP contribution in [0.4, 0.5) is 0 Å². The molecule has 0 bridgehead atoms. The molecule has 0 spiro atoms. The van der Waals surface area contributed by atoms with E-state index in [1.165, 1.54) is 0 Å². The molecule has 1 rings (SSSR count). The van der Waals surface area contributed by atoms with E-state index in [-0.39, 0.29) is 11.7 Å². The Morgan fingerprint density at radius 1 is 1.32 bits per heavy atom. The van der Waals surface area contributed by atoms with Crippen LogP contribution >= 0.6 is 18.1 Å². The van der Waals surface area contributed by atoms with Crippen molar-refractivity contribution in [2.75, 3.05) is 0 Å². The number of carbonyl (C=O) groups is 1. The van der Waals surface area contributed by atoms with Gasteiger partial charge in [-0.05, 0) is 25.0 Å². The maximum Gasteiger partial charge on any atom is 0.409 e. The number of hydrogen-bond donors (Lipinski definition) is 1. The average molecular weight is 304 g/mol. The predicted octanol–water partition coefficient (Wildman–Crippen LogP) is 4.01. The summed E-state index contributed by atoms with van der Waals surface area (Å²) in [4.78, 5) is 11.8. The first-order valence-corrected chi connectivity index (χ1v) is 8.68. The molecule has 1 unspecified atom stereocenters. The summed E-state index contributed by atoms with van der Waals surface area (Å²) in [6, 6.07) is 8.01. The smallest absolute Gasteiger partial charge is 0.409 e. The highest BCUT2D eigenvalue weighted by atomic mass is 35.7. The summed E-state index contributed by atoms with van der Waals surface area (Å²) >= 11 is 5.82. The van der Waals surface area contributed by atoms with E-state index in [4.69, 9.17) is 15.8 Å². The van der Waals surface area contributed by atoms with Crippen LogP contribution in [0.3, 0.4) is 0 Å². The molecule has 0 aliphatic rings. The van der Waals surface area contributed by atoms with E-state index in [0.29, 0.717) is 12.2 Å². The Hall–Kier alpha value is -0.830. The molecule has 0 aliphatic carbocycles. The molecule has 4 nitrogen and oxygen atoms in total. The highest BCUT2D eigenvalue weighted by Crippen LogP contribution is 2.48. The predicted molar refractivity (Wildman–Crippen MR) is 77.6 cm³/mol. The number of hydrogen-bond acceptors (Lipinski definition) is 3. The van der Waals surface area contributed by atoms with E-state index in [1.807, 2.05) is 19.9 Å². The minimum absolute atomic E-state index is 0.0347. The van der Waals surface area contributed by atoms with Crippen LogP contribution in [0.5, 0.6) is 5.75 Å². The van der Waals surface area contributed by atoms with Crippen LogP contribution in [-0.4, -0.2) is 11.8 Å². The highest BCUT2D eigenvalue weighted by Gasteiger charge is 2.27. The van der Waals surface area contributed by atoms with Gasteiger partial charge < -0.3 is 4.52 Å². The second-order valence-electron chi connectivity index (χ2n) is 4.80. The molecular formula is C13H19ClNO3P. The SMILES string of the molecule is CC(C)CC(=O)C(C)N[P@@](=O)(Cl)Oc1ccccc1. The fourth-order valence-corrected chi connectivity index (χ4v) is 3.26. The minimum atomic E-state index is -3.57. The zero-order valence-corrected chi connectivity index (χ0v) is 12.9. The molecule has 0 heterocycles. The zero-order chi connectivity index (χ0) is 14.5. The maximum atomic E-state index is 12.1. The molecule has 0 fully saturated rings. The molecule has 0 amide bonds. The lowest BCUT2D eigenvalue weighted by molar-refractivity contribution is -0.121. The van der Waals surface area contributed by atoms with Crippen molar-refractivity contribution in [2.45, 2.75) is 33.2 Å². The van der Waals surface area contributed by atoms with Crippen LogP contribution in [0.1, 0.15) is 27.2 Å². The van der Waals surface area contributed by atoms with Gasteiger partial charge in [0.2, 0.25) is 0 Å². The summed E-state index contributed by atoms with van der Waals surface area (Å²) < 4.78 is 17.2. The van der Waals surface area contributed by atoms with Crippen LogP contribution < -0.4 is 9.61 Å². The van der Waals surface area contributed by atoms with Gasteiger partial charge in [-0.1, -0.05) is 32.0 Å². The van der Waals surface area contributed by atoms with Gasteiger partial charge in [0.25, 0.3) is 0 Å². The second kappa shape index (κ2) is 7.09. The molecule has 2 atom stereocenters. The van der Waals surface area contributed by atoms with Gasteiger partial charge in [0.1, 0.15) is 11.5 Å². The van der Waals surface area contributed by atoms with Gasteiger partial charge in [0.15, 0.2) is 0 Å². The fraction of sp³-hybridized carbons (Fsp3) is 0.462. The van der Waals surface area contributed by atoms with Gasteiger partial charge in [0.05, 0.1) is 6.04 Å². The molecule has 106 valence electrons. The molecule has 0 aliphatic heterocycles. The van der Waals surface area contributed by atoms with Gasteiger partial charge in [-0.2, -0.15) is 0 Å². The number of Topliss-reactive ketones (excluding diaryl/α,β-unsaturated/α-hetero) is 1. The second-order valence-corrected chi connectivity index (χ2v) is 7.53. The molecule has 0 saturated heterocycles. The Morgan fingerprint density at radius 3 is 2.42 bits per heavy atom. The normalized spacial score (nSPS) is 15.8. The lowest BCUT2D eigenvalue weighted by atomic mass is 10.0. The lowest BCUT2D eigenvalue weighted by Gasteiger charge is -2.18. The van der Waals surface area contributed by atoms with Crippen molar-refractivity contribution in [3.63, 3.8) is 0 Å². The molecular weight excluding hydrogens is 285 g/mol. The van der Waals surface area contributed by atoms with Gasteiger partial charge in [0, 0.05) is 17.7 Å². The van der Waals surface area contributed by atoms with Crippen molar-refractivity contribution in [3.05, 3.63) is 30.3 Å². The molecule has 1 aromatic carbocycles. The van der Waals surface area contributed by atoms with Gasteiger partial charge in [-0.25, -0.2) is 9.65 Å². The first-order valence-electron chi connectivity index (χ1n) is 6.15. The van der Waals surface area contributed by atoms with E-state index in [9.17, 15) is 9.36 Å². The third-order valence-corrected chi connectivity index (χ3v) is 4.05. The third kappa shape index (κ3) is 6.24. The highest BCUT2D eigenvalue weighted by molar-refractivity contribution is 7.84. The Morgan fingerprint density at radius 2 is 1.89 bits per heavy atom. The maximum absolute atomic E-state index is 12.1. The van der Waals surface area contributed by atoms with Crippen molar-refractivity contribution < 1.29 is 13.9 Å². The van der Waals surface area contributed by atoms with Crippen LogP contribution in [0.25, 0.3) is 0 Å². The first kappa shape index (κ1) is 16.2. The van der Waals surface area contributed by atoms with Crippen LogP contribution in [-0.2, 0) is 9.36 Å². The first-order chi connectivity index (χ1) is 8.80. The van der Waals surface area contributed by atoms with E-state index >= 15 is 0 Å². The number of carbonyl (C=O) groups excluding carboxylic acids is 1. The number of nitrogens with one attached hydrogen (secondary N) is 1. The monoisotopic (exact) mass is 303 g/mol.